The third-order valence-corrected chi connectivity index (χ3v) is 5.24. The summed E-state index contributed by atoms with van der Waals surface area (Å²) in [6.45, 7) is 5.23. The Morgan fingerprint density at radius 1 is 1.07 bits per heavy atom. The second-order valence-electron chi connectivity index (χ2n) is 5.77. The first-order valence-corrected chi connectivity index (χ1v) is 10.4. The van der Waals surface area contributed by atoms with Gasteiger partial charge in [0.2, 0.25) is 10.0 Å². The van der Waals surface area contributed by atoms with Gasteiger partial charge in [-0.2, -0.15) is 0 Å². The third kappa shape index (κ3) is 8.42. The van der Waals surface area contributed by atoms with Crippen molar-refractivity contribution in [1.82, 2.24) is 15.4 Å². The topological polar surface area (TPSA) is 91.8 Å². The molecule has 0 bridgehead atoms. The van der Waals surface area contributed by atoms with Crippen molar-refractivity contribution in [2.24, 2.45) is 4.99 Å². The van der Waals surface area contributed by atoms with E-state index in [0.29, 0.717) is 25.7 Å². The van der Waals surface area contributed by atoms with Crippen LogP contribution in [0.25, 0.3) is 0 Å². The Bertz CT molecular complexity index is 890. The van der Waals surface area contributed by atoms with Crippen LogP contribution in [0.15, 0.2) is 77.1 Å². The molecule has 0 saturated carbocycles. The predicted molar refractivity (Wildman–Crippen MR) is 127 cm³/mol. The fraction of sp³-hybridized carbons (Fsp3) is 0.250. The lowest BCUT2D eigenvalue weighted by Crippen LogP contribution is -2.41. The molecule has 0 aliphatic rings. The van der Waals surface area contributed by atoms with E-state index < -0.39 is 10.0 Å². The van der Waals surface area contributed by atoms with Gasteiger partial charge >= 0.3 is 0 Å². The molecule has 2 aromatic rings. The lowest BCUT2D eigenvalue weighted by Gasteiger charge is -2.14. The van der Waals surface area contributed by atoms with Crippen LogP contribution in [-0.4, -0.2) is 41.1 Å². The van der Waals surface area contributed by atoms with Crippen LogP contribution in [0.5, 0.6) is 5.75 Å². The third-order valence-electron chi connectivity index (χ3n) is 3.76. The van der Waals surface area contributed by atoms with Crippen molar-refractivity contribution >= 4 is 40.0 Å². The van der Waals surface area contributed by atoms with E-state index in [1.807, 2.05) is 24.3 Å². The minimum absolute atomic E-state index is 0. The van der Waals surface area contributed by atoms with Crippen LogP contribution in [-0.2, 0) is 16.6 Å². The van der Waals surface area contributed by atoms with Gasteiger partial charge in [-0.1, -0.05) is 49.1 Å². The predicted octanol–water partition coefficient (Wildman–Crippen LogP) is 2.51. The number of benzene rings is 2. The molecule has 0 aliphatic carbocycles. The molecule has 0 amide bonds. The standard InChI is InChI=1S/C20H26N4O3S.HI/c1-3-15-27-19-12-8-7-9-17(19)16-23-20(21-2)22-13-14-24-28(25,26)18-10-5-4-6-11-18;/h3-12,24H,1,13-16H2,2H3,(H2,21,22,23);1H. The van der Waals surface area contributed by atoms with Gasteiger partial charge in [0.15, 0.2) is 5.96 Å². The average Bonchev–Trinajstić information content (AvgIpc) is 2.73. The molecule has 158 valence electrons. The molecular formula is C20H27IN4O3S. The maximum absolute atomic E-state index is 12.2. The van der Waals surface area contributed by atoms with Crippen molar-refractivity contribution < 1.29 is 13.2 Å². The molecule has 9 heteroatoms. The molecule has 0 unspecified atom stereocenters. The fourth-order valence-electron chi connectivity index (χ4n) is 2.39. The van der Waals surface area contributed by atoms with Crippen molar-refractivity contribution in [1.29, 1.82) is 0 Å². The molecule has 0 aromatic heterocycles. The maximum atomic E-state index is 12.2. The molecule has 0 saturated heterocycles. The zero-order valence-corrected chi connectivity index (χ0v) is 19.4. The molecule has 0 radical (unpaired) electrons. The number of halogens is 1. The van der Waals surface area contributed by atoms with Crippen LogP contribution in [0.4, 0.5) is 0 Å². The Kier molecular flexibility index (Phi) is 11.3. The van der Waals surface area contributed by atoms with E-state index in [1.165, 1.54) is 0 Å². The van der Waals surface area contributed by atoms with Crippen LogP contribution in [0, 0.1) is 0 Å². The summed E-state index contributed by atoms with van der Waals surface area (Å²) in [4.78, 5) is 4.39. The summed E-state index contributed by atoms with van der Waals surface area (Å²) in [5.41, 5.74) is 0.983. The number of aliphatic imine (C=N–C) groups is 1. The van der Waals surface area contributed by atoms with Crippen LogP contribution >= 0.6 is 24.0 Å². The maximum Gasteiger partial charge on any atom is 0.240 e. The summed E-state index contributed by atoms with van der Waals surface area (Å²) >= 11 is 0. The molecular weight excluding hydrogens is 503 g/mol. The van der Waals surface area contributed by atoms with Gasteiger partial charge in [0, 0.05) is 32.2 Å². The number of rotatable bonds is 10. The van der Waals surface area contributed by atoms with Gasteiger partial charge in [-0.25, -0.2) is 13.1 Å². The minimum atomic E-state index is -3.51. The van der Waals surface area contributed by atoms with Crippen molar-refractivity contribution in [3.05, 3.63) is 72.8 Å². The molecule has 0 fully saturated rings. The number of nitrogens with zero attached hydrogens (tertiary/aromatic N) is 1. The van der Waals surface area contributed by atoms with E-state index in [-0.39, 0.29) is 35.4 Å². The highest BCUT2D eigenvalue weighted by Crippen LogP contribution is 2.17. The number of para-hydroxylation sites is 1. The first kappa shape index (κ1) is 24.9. The van der Waals surface area contributed by atoms with E-state index in [0.717, 1.165) is 11.3 Å². The van der Waals surface area contributed by atoms with Crippen molar-refractivity contribution in [2.75, 3.05) is 26.7 Å². The van der Waals surface area contributed by atoms with E-state index in [1.54, 1.807) is 43.5 Å². The van der Waals surface area contributed by atoms with Crippen LogP contribution < -0.4 is 20.1 Å². The van der Waals surface area contributed by atoms with Gasteiger partial charge in [-0.15, -0.1) is 24.0 Å². The van der Waals surface area contributed by atoms with E-state index in [2.05, 4.69) is 26.9 Å². The van der Waals surface area contributed by atoms with Crippen molar-refractivity contribution in [2.45, 2.75) is 11.4 Å². The van der Waals surface area contributed by atoms with Gasteiger partial charge in [0.05, 0.1) is 4.90 Å². The number of sulfonamides is 1. The second-order valence-corrected chi connectivity index (χ2v) is 7.54. The van der Waals surface area contributed by atoms with Crippen LogP contribution in [0.2, 0.25) is 0 Å². The molecule has 2 aromatic carbocycles. The molecule has 3 N–H and O–H groups in total. The Balaban J connectivity index is 0.00000420. The van der Waals surface area contributed by atoms with Gasteiger partial charge in [-0.3, -0.25) is 4.99 Å². The van der Waals surface area contributed by atoms with Crippen LogP contribution in [0.3, 0.4) is 0 Å². The highest BCUT2D eigenvalue weighted by Gasteiger charge is 2.12. The number of ether oxygens (including phenoxy) is 1. The Labute approximate surface area is 189 Å². The van der Waals surface area contributed by atoms with Gasteiger partial charge in [0.25, 0.3) is 0 Å². The molecule has 7 nitrogen and oxygen atoms in total. The lowest BCUT2D eigenvalue weighted by molar-refractivity contribution is 0.358. The van der Waals surface area contributed by atoms with Gasteiger partial charge in [0.1, 0.15) is 12.4 Å². The summed E-state index contributed by atoms with van der Waals surface area (Å²) in [6, 6.07) is 16.0. The van der Waals surface area contributed by atoms with Crippen molar-refractivity contribution in [3.8, 4) is 5.75 Å². The monoisotopic (exact) mass is 530 g/mol. The van der Waals surface area contributed by atoms with Crippen LogP contribution in [0.1, 0.15) is 5.56 Å². The van der Waals surface area contributed by atoms with E-state index >= 15 is 0 Å². The molecule has 29 heavy (non-hydrogen) atoms. The molecule has 0 aliphatic heterocycles. The van der Waals surface area contributed by atoms with Gasteiger partial charge < -0.3 is 15.4 Å². The SMILES string of the molecule is C=CCOc1ccccc1CNC(=NC)NCCNS(=O)(=O)c1ccccc1.I. The molecule has 0 spiro atoms. The molecule has 2 rings (SSSR count). The first-order chi connectivity index (χ1) is 13.6. The summed E-state index contributed by atoms with van der Waals surface area (Å²) in [7, 11) is -1.85. The normalized spacial score (nSPS) is 11.3. The number of nitrogens with one attached hydrogen (secondary N) is 3. The smallest absolute Gasteiger partial charge is 0.240 e. The zero-order valence-electron chi connectivity index (χ0n) is 16.3. The number of hydrogen-bond donors (Lipinski definition) is 3. The summed E-state index contributed by atoms with van der Waals surface area (Å²) in [5, 5.41) is 6.27. The highest BCUT2D eigenvalue weighted by molar-refractivity contribution is 14.0. The zero-order chi connectivity index (χ0) is 20.2. The molecule has 0 atom stereocenters. The highest BCUT2D eigenvalue weighted by atomic mass is 127. The summed E-state index contributed by atoms with van der Waals surface area (Å²) in [5.74, 6) is 1.35. The average molecular weight is 530 g/mol. The molecule has 0 heterocycles. The minimum Gasteiger partial charge on any atom is -0.489 e. The first-order valence-electron chi connectivity index (χ1n) is 8.87. The Morgan fingerprint density at radius 2 is 1.76 bits per heavy atom. The number of guanidine groups is 1. The quantitative estimate of drug-likeness (QED) is 0.144. The van der Waals surface area contributed by atoms with Gasteiger partial charge in [-0.05, 0) is 18.2 Å². The van der Waals surface area contributed by atoms with E-state index in [9.17, 15) is 8.42 Å². The van der Waals surface area contributed by atoms with E-state index in [4.69, 9.17) is 4.74 Å². The second kappa shape index (κ2) is 13.2. The fourth-order valence-corrected chi connectivity index (χ4v) is 3.44. The summed E-state index contributed by atoms with van der Waals surface area (Å²) < 4.78 is 32.5. The van der Waals surface area contributed by atoms with Crippen molar-refractivity contribution in [3.63, 3.8) is 0 Å². The Hall–Kier alpha value is -2.11. The lowest BCUT2D eigenvalue weighted by atomic mass is 10.2. The summed E-state index contributed by atoms with van der Waals surface area (Å²) in [6.07, 6.45) is 1.70. The Morgan fingerprint density at radius 3 is 2.45 bits per heavy atom. The largest absolute Gasteiger partial charge is 0.489 e. The number of hydrogen-bond acceptors (Lipinski definition) is 4.